The maximum Gasteiger partial charge on any atom is 0.0670 e. The molecule has 0 aliphatic carbocycles. The fourth-order valence-electron chi connectivity index (χ4n) is 3.47. The molecule has 27 heavy (non-hydrogen) atoms. The van der Waals surface area contributed by atoms with Crippen LogP contribution in [0.25, 0.3) is 0 Å². The van der Waals surface area contributed by atoms with E-state index in [1.54, 1.807) is 0 Å². The van der Waals surface area contributed by atoms with Crippen molar-refractivity contribution in [2.45, 2.75) is 39.0 Å². The van der Waals surface area contributed by atoms with Gasteiger partial charge in [0.1, 0.15) is 0 Å². The number of rotatable bonds is 9. The van der Waals surface area contributed by atoms with E-state index < -0.39 is 0 Å². The molecule has 3 aromatic rings. The van der Waals surface area contributed by atoms with Gasteiger partial charge in [-0.2, -0.15) is 0 Å². The molecule has 3 rings (SSSR count). The highest BCUT2D eigenvalue weighted by molar-refractivity contribution is 5.25. The number of benzene rings is 3. The zero-order valence-electron chi connectivity index (χ0n) is 16.1. The Balaban J connectivity index is 1.62. The number of nitrogens with zero attached hydrogens (tertiary/aromatic N) is 1. The Labute approximate surface area is 163 Å². The van der Waals surface area contributed by atoms with Crippen LogP contribution < -0.4 is 0 Å². The van der Waals surface area contributed by atoms with Gasteiger partial charge in [-0.1, -0.05) is 84.9 Å². The molecular weight excluding hydrogens is 330 g/mol. The minimum atomic E-state index is -0.336. The minimum Gasteiger partial charge on any atom is -0.392 e. The molecule has 0 spiro atoms. The molecule has 0 amide bonds. The predicted molar refractivity (Wildman–Crippen MR) is 113 cm³/mol. The summed E-state index contributed by atoms with van der Waals surface area (Å²) in [5, 5.41) is 10.7. The summed E-state index contributed by atoms with van der Waals surface area (Å²) in [6.07, 6.45) is 1.36. The first-order chi connectivity index (χ1) is 13.2. The molecule has 0 aromatic heterocycles. The van der Waals surface area contributed by atoms with Crippen LogP contribution >= 0.6 is 0 Å². The zero-order chi connectivity index (χ0) is 18.9. The lowest BCUT2D eigenvalue weighted by Gasteiger charge is -2.25. The Morgan fingerprint density at radius 1 is 0.741 bits per heavy atom. The molecule has 0 saturated carbocycles. The molecule has 0 aliphatic heterocycles. The van der Waals surface area contributed by atoms with Crippen molar-refractivity contribution in [3.05, 3.63) is 107 Å². The number of aliphatic hydroxyl groups excluding tert-OH is 1. The SMILES string of the molecule is Cc1ccccc1CCC(O)CN(Cc1ccccc1)Cc1ccccc1. The highest BCUT2D eigenvalue weighted by atomic mass is 16.3. The lowest BCUT2D eigenvalue weighted by Crippen LogP contribution is -2.32. The second-order valence-electron chi connectivity index (χ2n) is 7.26. The highest BCUT2D eigenvalue weighted by Gasteiger charge is 2.13. The molecule has 2 heteroatoms. The minimum absolute atomic E-state index is 0.336. The van der Waals surface area contributed by atoms with E-state index in [4.69, 9.17) is 0 Å². The van der Waals surface area contributed by atoms with Crippen molar-refractivity contribution in [2.75, 3.05) is 6.54 Å². The summed E-state index contributed by atoms with van der Waals surface area (Å²) < 4.78 is 0. The molecular formula is C25H29NO. The third-order valence-corrected chi connectivity index (χ3v) is 4.98. The highest BCUT2D eigenvalue weighted by Crippen LogP contribution is 2.14. The Morgan fingerprint density at radius 2 is 1.26 bits per heavy atom. The Bertz CT molecular complexity index is 759. The molecule has 1 unspecified atom stereocenters. The monoisotopic (exact) mass is 359 g/mol. The number of hydrogen-bond donors (Lipinski definition) is 1. The lowest BCUT2D eigenvalue weighted by atomic mass is 10.0. The second kappa shape index (κ2) is 10.1. The van der Waals surface area contributed by atoms with Crippen LogP contribution in [0.15, 0.2) is 84.9 Å². The number of aryl methyl sites for hydroxylation is 2. The average Bonchev–Trinajstić information content (AvgIpc) is 2.69. The van der Waals surface area contributed by atoms with E-state index in [1.165, 1.54) is 22.3 Å². The zero-order valence-corrected chi connectivity index (χ0v) is 16.1. The summed E-state index contributed by atoms with van der Waals surface area (Å²) in [6, 6.07) is 29.4. The van der Waals surface area contributed by atoms with E-state index in [-0.39, 0.29) is 6.10 Å². The van der Waals surface area contributed by atoms with Gasteiger partial charge in [-0.25, -0.2) is 0 Å². The summed E-state index contributed by atoms with van der Waals surface area (Å²) in [6.45, 7) is 4.50. The van der Waals surface area contributed by atoms with Crippen molar-refractivity contribution < 1.29 is 5.11 Å². The van der Waals surface area contributed by atoms with E-state index in [9.17, 15) is 5.11 Å². The maximum absolute atomic E-state index is 10.7. The van der Waals surface area contributed by atoms with Gasteiger partial charge in [-0.05, 0) is 42.0 Å². The quantitative estimate of drug-likeness (QED) is 0.582. The fraction of sp³-hybridized carbons (Fsp3) is 0.280. The van der Waals surface area contributed by atoms with Gasteiger partial charge in [0, 0.05) is 19.6 Å². The number of hydrogen-bond acceptors (Lipinski definition) is 2. The molecule has 140 valence electrons. The van der Waals surface area contributed by atoms with Crippen LogP contribution in [0.2, 0.25) is 0 Å². The van der Waals surface area contributed by atoms with Crippen LogP contribution in [-0.2, 0) is 19.5 Å². The maximum atomic E-state index is 10.7. The van der Waals surface area contributed by atoms with Gasteiger partial charge in [-0.3, -0.25) is 4.90 Å². The average molecular weight is 360 g/mol. The Hall–Kier alpha value is -2.42. The summed E-state index contributed by atoms with van der Waals surface area (Å²) >= 11 is 0. The Kier molecular flexibility index (Phi) is 7.20. The normalized spacial score (nSPS) is 12.3. The van der Waals surface area contributed by atoms with Gasteiger partial charge in [0.15, 0.2) is 0 Å². The largest absolute Gasteiger partial charge is 0.392 e. The van der Waals surface area contributed by atoms with Crippen molar-refractivity contribution >= 4 is 0 Å². The van der Waals surface area contributed by atoms with Gasteiger partial charge in [-0.15, -0.1) is 0 Å². The van der Waals surface area contributed by atoms with Crippen LogP contribution in [0.3, 0.4) is 0 Å². The van der Waals surface area contributed by atoms with Crippen LogP contribution in [-0.4, -0.2) is 22.7 Å². The van der Waals surface area contributed by atoms with E-state index in [0.29, 0.717) is 6.54 Å². The molecule has 0 saturated heterocycles. The van der Waals surface area contributed by atoms with Crippen LogP contribution in [0.1, 0.15) is 28.7 Å². The first kappa shape index (κ1) is 19.3. The Morgan fingerprint density at radius 3 is 1.81 bits per heavy atom. The van der Waals surface area contributed by atoms with Crippen molar-refractivity contribution in [2.24, 2.45) is 0 Å². The molecule has 0 bridgehead atoms. The summed E-state index contributed by atoms with van der Waals surface area (Å²) in [5.41, 5.74) is 5.18. The second-order valence-corrected chi connectivity index (χ2v) is 7.26. The van der Waals surface area contributed by atoms with Crippen LogP contribution in [0.4, 0.5) is 0 Å². The van der Waals surface area contributed by atoms with Gasteiger partial charge in [0.2, 0.25) is 0 Å². The number of aliphatic hydroxyl groups is 1. The predicted octanol–water partition coefficient (Wildman–Crippen LogP) is 4.99. The van der Waals surface area contributed by atoms with E-state index in [2.05, 4.69) is 84.6 Å². The van der Waals surface area contributed by atoms with Crippen molar-refractivity contribution in [1.82, 2.24) is 4.90 Å². The molecule has 1 atom stereocenters. The fourth-order valence-corrected chi connectivity index (χ4v) is 3.47. The topological polar surface area (TPSA) is 23.5 Å². The first-order valence-corrected chi connectivity index (χ1v) is 9.73. The van der Waals surface area contributed by atoms with Gasteiger partial charge in [0.05, 0.1) is 6.10 Å². The van der Waals surface area contributed by atoms with E-state index >= 15 is 0 Å². The van der Waals surface area contributed by atoms with Gasteiger partial charge < -0.3 is 5.11 Å². The summed E-state index contributed by atoms with van der Waals surface area (Å²) in [5.74, 6) is 0. The molecule has 1 N–H and O–H groups in total. The smallest absolute Gasteiger partial charge is 0.0670 e. The van der Waals surface area contributed by atoms with Crippen molar-refractivity contribution in [1.29, 1.82) is 0 Å². The molecule has 2 nitrogen and oxygen atoms in total. The molecule has 0 radical (unpaired) electrons. The standard InChI is InChI=1S/C25H29NO/c1-21-10-8-9-15-24(21)16-17-25(27)20-26(18-22-11-4-2-5-12-22)19-23-13-6-3-7-14-23/h2-15,25,27H,16-20H2,1H3. The molecule has 0 fully saturated rings. The van der Waals surface area contributed by atoms with E-state index in [0.717, 1.165) is 25.9 Å². The van der Waals surface area contributed by atoms with Crippen LogP contribution in [0.5, 0.6) is 0 Å². The molecule has 0 heterocycles. The summed E-state index contributed by atoms with van der Waals surface area (Å²) in [7, 11) is 0. The summed E-state index contributed by atoms with van der Waals surface area (Å²) in [4.78, 5) is 2.34. The third kappa shape index (κ3) is 6.35. The lowest BCUT2D eigenvalue weighted by molar-refractivity contribution is 0.0978. The van der Waals surface area contributed by atoms with Crippen molar-refractivity contribution in [3.8, 4) is 0 Å². The van der Waals surface area contributed by atoms with Crippen molar-refractivity contribution in [3.63, 3.8) is 0 Å². The van der Waals surface area contributed by atoms with E-state index in [1.807, 2.05) is 12.1 Å². The van der Waals surface area contributed by atoms with Gasteiger partial charge in [0.25, 0.3) is 0 Å². The van der Waals surface area contributed by atoms with Crippen LogP contribution in [0, 0.1) is 6.92 Å². The molecule has 0 aliphatic rings. The molecule has 3 aromatic carbocycles. The van der Waals surface area contributed by atoms with Gasteiger partial charge >= 0.3 is 0 Å². The third-order valence-electron chi connectivity index (χ3n) is 4.98. The first-order valence-electron chi connectivity index (χ1n) is 9.73.